The van der Waals surface area contributed by atoms with Gasteiger partial charge in [0.05, 0.1) is 6.61 Å². The molecule has 0 aliphatic rings. The van der Waals surface area contributed by atoms with Crippen LogP contribution >= 0.6 is 0 Å². The second-order valence-electron chi connectivity index (χ2n) is 9.72. The molecule has 0 atom stereocenters. The van der Waals surface area contributed by atoms with Gasteiger partial charge in [-0.25, -0.2) is 0 Å². The van der Waals surface area contributed by atoms with Gasteiger partial charge in [-0.1, -0.05) is 121 Å². The summed E-state index contributed by atoms with van der Waals surface area (Å²) in [6, 6.07) is 0. The normalized spacial score (nSPS) is 11.9. The van der Waals surface area contributed by atoms with Gasteiger partial charge in [-0.15, -0.1) is 0 Å². The molecular weight excluding hydrogens is 416 g/mol. The molecule has 0 amide bonds. The van der Waals surface area contributed by atoms with E-state index in [2.05, 4.69) is 50.3 Å². The van der Waals surface area contributed by atoms with Crippen LogP contribution in [0.4, 0.5) is 0 Å². The summed E-state index contributed by atoms with van der Waals surface area (Å²) < 4.78 is 5.39. The van der Waals surface area contributed by atoms with Crippen LogP contribution in [0.2, 0.25) is 0 Å². The first-order valence-electron chi connectivity index (χ1n) is 14.9. The average Bonchev–Trinajstić information content (AvgIpc) is 2.84. The largest absolute Gasteiger partial charge is 0.466 e. The van der Waals surface area contributed by atoms with Crippen LogP contribution < -0.4 is 0 Å². The van der Waals surface area contributed by atoms with Crippen molar-refractivity contribution in [3.8, 4) is 0 Å². The molecule has 34 heavy (non-hydrogen) atoms. The Morgan fingerprint density at radius 2 is 0.941 bits per heavy atom. The highest BCUT2D eigenvalue weighted by Gasteiger charge is 2.02. The smallest absolute Gasteiger partial charge is 0.305 e. The number of allylic oxidation sites excluding steroid dienone is 6. The first-order chi connectivity index (χ1) is 16.8. The van der Waals surface area contributed by atoms with Crippen molar-refractivity contribution < 1.29 is 9.53 Å². The summed E-state index contributed by atoms with van der Waals surface area (Å²) in [5, 5.41) is 0. The fraction of sp³-hybridized carbons (Fsp3) is 0.781. The summed E-state index contributed by atoms with van der Waals surface area (Å²) >= 11 is 0. The monoisotopic (exact) mass is 474 g/mol. The Hall–Kier alpha value is -1.31. The summed E-state index contributed by atoms with van der Waals surface area (Å²) in [5.74, 6) is 0.000502. The molecule has 0 aromatic carbocycles. The standard InChI is InChI=1S/C32H58O2/c1-3-5-7-9-11-13-15-17-18-19-20-22-24-26-28-30-32(33)34-31-29-27-25-23-21-16-14-12-10-8-6-4-2/h10-13,17-18H,3-9,14-16,19-31H2,1-2H3/b12-10-,13-11-,18-17-. The van der Waals surface area contributed by atoms with Crippen molar-refractivity contribution >= 4 is 5.97 Å². The van der Waals surface area contributed by atoms with E-state index in [9.17, 15) is 4.79 Å². The van der Waals surface area contributed by atoms with Crippen molar-refractivity contribution in [2.45, 2.75) is 155 Å². The topological polar surface area (TPSA) is 26.3 Å². The SMILES string of the molecule is CCCC/C=C\CCCCCCCCOC(=O)CCCCCCC/C=C\C/C=C\CCCCC. The maximum absolute atomic E-state index is 11.8. The summed E-state index contributed by atoms with van der Waals surface area (Å²) in [6.07, 6.45) is 40.3. The number of rotatable bonds is 26. The minimum atomic E-state index is 0.000502. The van der Waals surface area contributed by atoms with E-state index in [1.165, 1.54) is 109 Å². The van der Waals surface area contributed by atoms with E-state index < -0.39 is 0 Å². The molecule has 2 heteroatoms. The molecule has 0 saturated heterocycles. The predicted octanol–water partition coefficient (Wildman–Crippen LogP) is 10.8. The van der Waals surface area contributed by atoms with Crippen LogP contribution in [-0.4, -0.2) is 12.6 Å². The van der Waals surface area contributed by atoms with Crippen LogP contribution in [0.3, 0.4) is 0 Å². The predicted molar refractivity (Wildman–Crippen MR) is 151 cm³/mol. The molecular formula is C32H58O2. The van der Waals surface area contributed by atoms with Crippen molar-refractivity contribution in [3.63, 3.8) is 0 Å². The van der Waals surface area contributed by atoms with E-state index in [0.717, 1.165) is 25.7 Å². The zero-order valence-electron chi connectivity index (χ0n) is 23.0. The highest BCUT2D eigenvalue weighted by molar-refractivity contribution is 5.69. The van der Waals surface area contributed by atoms with Gasteiger partial charge < -0.3 is 4.74 Å². The molecule has 0 radical (unpaired) electrons. The molecule has 198 valence electrons. The average molecular weight is 475 g/mol. The number of hydrogen-bond acceptors (Lipinski definition) is 2. The lowest BCUT2D eigenvalue weighted by Gasteiger charge is -2.05. The van der Waals surface area contributed by atoms with Crippen molar-refractivity contribution in [1.82, 2.24) is 0 Å². The molecule has 2 nitrogen and oxygen atoms in total. The van der Waals surface area contributed by atoms with Crippen LogP contribution in [-0.2, 0) is 9.53 Å². The zero-order chi connectivity index (χ0) is 24.8. The van der Waals surface area contributed by atoms with Crippen LogP contribution in [0.5, 0.6) is 0 Å². The molecule has 0 aliphatic heterocycles. The fourth-order valence-corrected chi connectivity index (χ4v) is 3.97. The molecule has 0 spiro atoms. The van der Waals surface area contributed by atoms with Gasteiger partial charge in [0.15, 0.2) is 0 Å². The lowest BCUT2D eigenvalue weighted by molar-refractivity contribution is -0.143. The molecule has 0 saturated carbocycles. The van der Waals surface area contributed by atoms with Gasteiger partial charge in [0.2, 0.25) is 0 Å². The first-order valence-corrected chi connectivity index (χ1v) is 14.9. The number of unbranched alkanes of at least 4 members (excludes halogenated alkanes) is 16. The van der Waals surface area contributed by atoms with Gasteiger partial charge in [0.25, 0.3) is 0 Å². The summed E-state index contributed by atoms with van der Waals surface area (Å²) in [7, 11) is 0. The Morgan fingerprint density at radius 3 is 1.53 bits per heavy atom. The zero-order valence-corrected chi connectivity index (χ0v) is 23.0. The number of carbonyl (C=O) groups excluding carboxylic acids is 1. The van der Waals surface area contributed by atoms with Crippen molar-refractivity contribution in [1.29, 1.82) is 0 Å². The molecule has 0 aliphatic carbocycles. The van der Waals surface area contributed by atoms with E-state index in [0.29, 0.717) is 13.0 Å². The molecule has 0 aromatic heterocycles. The second kappa shape index (κ2) is 29.7. The maximum Gasteiger partial charge on any atom is 0.305 e. The van der Waals surface area contributed by atoms with Gasteiger partial charge in [0, 0.05) is 6.42 Å². The number of hydrogen-bond donors (Lipinski definition) is 0. The highest BCUT2D eigenvalue weighted by atomic mass is 16.5. The van der Waals surface area contributed by atoms with Crippen LogP contribution in [0.1, 0.15) is 155 Å². The third-order valence-corrected chi connectivity index (χ3v) is 6.25. The molecule has 0 N–H and O–H groups in total. The minimum Gasteiger partial charge on any atom is -0.466 e. The van der Waals surface area contributed by atoms with Crippen LogP contribution in [0.15, 0.2) is 36.5 Å². The van der Waals surface area contributed by atoms with Crippen LogP contribution in [0.25, 0.3) is 0 Å². The minimum absolute atomic E-state index is 0.000502. The summed E-state index contributed by atoms with van der Waals surface area (Å²) in [4.78, 5) is 11.8. The summed E-state index contributed by atoms with van der Waals surface area (Å²) in [5.41, 5.74) is 0. The molecule has 0 aromatic rings. The Balaban J connectivity index is 3.27. The van der Waals surface area contributed by atoms with Gasteiger partial charge in [-0.05, 0) is 64.2 Å². The third-order valence-electron chi connectivity index (χ3n) is 6.25. The highest BCUT2D eigenvalue weighted by Crippen LogP contribution is 2.10. The Labute approximate surface area is 213 Å². The number of carbonyl (C=O) groups is 1. The van der Waals surface area contributed by atoms with E-state index in [-0.39, 0.29) is 5.97 Å². The van der Waals surface area contributed by atoms with E-state index >= 15 is 0 Å². The lowest BCUT2D eigenvalue weighted by Crippen LogP contribution is -2.05. The quantitative estimate of drug-likeness (QED) is 0.0707. The fourth-order valence-electron chi connectivity index (χ4n) is 3.97. The molecule has 0 rings (SSSR count). The van der Waals surface area contributed by atoms with Gasteiger partial charge in [0.1, 0.15) is 0 Å². The van der Waals surface area contributed by atoms with Gasteiger partial charge in [-0.3, -0.25) is 4.79 Å². The van der Waals surface area contributed by atoms with E-state index in [4.69, 9.17) is 4.74 Å². The molecule has 0 bridgehead atoms. The van der Waals surface area contributed by atoms with Crippen molar-refractivity contribution in [2.24, 2.45) is 0 Å². The third kappa shape index (κ3) is 28.7. The Kier molecular flexibility index (Phi) is 28.6. The van der Waals surface area contributed by atoms with E-state index in [1.54, 1.807) is 0 Å². The second-order valence-corrected chi connectivity index (χ2v) is 9.72. The number of esters is 1. The van der Waals surface area contributed by atoms with Gasteiger partial charge >= 0.3 is 5.97 Å². The Morgan fingerprint density at radius 1 is 0.500 bits per heavy atom. The van der Waals surface area contributed by atoms with E-state index in [1.807, 2.05) is 0 Å². The maximum atomic E-state index is 11.8. The van der Waals surface area contributed by atoms with Crippen molar-refractivity contribution in [3.05, 3.63) is 36.5 Å². The van der Waals surface area contributed by atoms with Crippen molar-refractivity contribution in [2.75, 3.05) is 6.61 Å². The van der Waals surface area contributed by atoms with Gasteiger partial charge in [-0.2, -0.15) is 0 Å². The summed E-state index contributed by atoms with van der Waals surface area (Å²) in [6.45, 7) is 5.10. The first kappa shape index (κ1) is 32.7. The Bertz CT molecular complexity index is 489. The lowest BCUT2D eigenvalue weighted by atomic mass is 10.1. The molecule has 0 fully saturated rings. The van der Waals surface area contributed by atoms with Crippen LogP contribution in [0, 0.1) is 0 Å². The molecule has 0 unspecified atom stereocenters. The number of ether oxygens (including phenoxy) is 1. The molecule has 0 heterocycles.